The Morgan fingerprint density at radius 1 is 1.14 bits per heavy atom. The number of amides is 1. The first-order chi connectivity index (χ1) is 10.8. The van der Waals surface area contributed by atoms with Crippen molar-refractivity contribution < 1.29 is 4.79 Å². The molecular formula is C13H11N7OS. The van der Waals surface area contributed by atoms with Gasteiger partial charge in [-0.1, -0.05) is 30.0 Å². The highest BCUT2D eigenvalue weighted by molar-refractivity contribution is 7.99. The van der Waals surface area contributed by atoms with Gasteiger partial charge in [0.15, 0.2) is 0 Å². The monoisotopic (exact) mass is 313 g/mol. The summed E-state index contributed by atoms with van der Waals surface area (Å²) in [5.74, 6) is 0.209. The van der Waals surface area contributed by atoms with Crippen molar-refractivity contribution in [2.24, 2.45) is 0 Å². The highest BCUT2D eigenvalue weighted by atomic mass is 32.2. The first-order valence-electron chi connectivity index (χ1n) is 6.36. The van der Waals surface area contributed by atoms with Crippen molar-refractivity contribution in [2.45, 2.75) is 5.16 Å². The molecule has 1 N–H and O–H groups in total. The third kappa shape index (κ3) is 3.44. The van der Waals surface area contributed by atoms with Gasteiger partial charge in [0, 0.05) is 12.4 Å². The SMILES string of the molecule is O=C(CSc1nnnn1-c1ccccc1)Nc1ncccn1. The Labute approximate surface area is 130 Å². The fourth-order valence-corrected chi connectivity index (χ4v) is 2.35. The smallest absolute Gasteiger partial charge is 0.237 e. The van der Waals surface area contributed by atoms with Gasteiger partial charge in [-0.3, -0.25) is 10.1 Å². The summed E-state index contributed by atoms with van der Waals surface area (Å²) < 4.78 is 1.58. The van der Waals surface area contributed by atoms with E-state index in [0.29, 0.717) is 5.16 Å². The van der Waals surface area contributed by atoms with Crippen molar-refractivity contribution >= 4 is 23.6 Å². The maximum absolute atomic E-state index is 11.9. The molecule has 0 aliphatic heterocycles. The van der Waals surface area contributed by atoms with Gasteiger partial charge in [-0.05, 0) is 28.6 Å². The lowest BCUT2D eigenvalue weighted by atomic mass is 10.3. The molecule has 110 valence electrons. The van der Waals surface area contributed by atoms with Crippen LogP contribution in [0.1, 0.15) is 0 Å². The largest absolute Gasteiger partial charge is 0.294 e. The number of nitrogens with one attached hydrogen (secondary N) is 1. The Balaban J connectivity index is 1.63. The van der Waals surface area contributed by atoms with Crippen LogP contribution in [0.25, 0.3) is 5.69 Å². The second-order valence-corrected chi connectivity index (χ2v) is 5.06. The van der Waals surface area contributed by atoms with Gasteiger partial charge in [0.25, 0.3) is 0 Å². The number of benzene rings is 1. The molecule has 2 heterocycles. The standard InChI is InChI=1S/C13H11N7OS/c21-11(16-12-14-7-4-8-15-12)9-22-13-17-18-19-20(13)10-5-2-1-3-6-10/h1-8H,9H2,(H,14,15,16,21). The maximum Gasteiger partial charge on any atom is 0.237 e. The normalized spacial score (nSPS) is 10.4. The van der Waals surface area contributed by atoms with E-state index >= 15 is 0 Å². The van der Waals surface area contributed by atoms with Crippen molar-refractivity contribution in [1.29, 1.82) is 0 Å². The third-order valence-electron chi connectivity index (χ3n) is 2.59. The number of nitrogens with zero attached hydrogens (tertiary/aromatic N) is 6. The first-order valence-corrected chi connectivity index (χ1v) is 7.35. The molecule has 0 atom stereocenters. The summed E-state index contributed by atoms with van der Waals surface area (Å²) in [7, 11) is 0. The number of anilines is 1. The summed E-state index contributed by atoms with van der Waals surface area (Å²) in [6.07, 6.45) is 3.12. The molecule has 9 heteroatoms. The van der Waals surface area contributed by atoms with Gasteiger partial charge in [-0.25, -0.2) is 9.97 Å². The number of rotatable bonds is 5. The summed E-state index contributed by atoms with van der Waals surface area (Å²) in [6, 6.07) is 11.2. The van der Waals surface area contributed by atoms with Gasteiger partial charge in [0.1, 0.15) is 0 Å². The summed E-state index contributed by atoms with van der Waals surface area (Å²) in [5.41, 5.74) is 0.835. The second-order valence-electron chi connectivity index (χ2n) is 4.12. The molecule has 0 saturated carbocycles. The summed E-state index contributed by atoms with van der Waals surface area (Å²) in [4.78, 5) is 19.7. The van der Waals surface area contributed by atoms with E-state index in [0.717, 1.165) is 5.69 Å². The minimum atomic E-state index is -0.223. The quantitative estimate of drug-likeness (QED) is 0.706. The van der Waals surface area contributed by atoms with Crippen molar-refractivity contribution in [3.05, 3.63) is 48.8 Å². The molecule has 3 rings (SSSR count). The Morgan fingerprint density at radius 3 is 2.68 bits per heavy atom. The van der Waals surface area contributed by atoms with Crippen LogP contribution in [0, 0.1) is 0 Å². The van der Waals surface area contributed by atoms with E-state index in [2.05, 4.69) is 30.8 Å². The Kier molecular flexibility index (Phi) is 4.35. The maximum atomic E-state index is 11.9. The highest BCUT2D eigenvalue weighted by Gasteiger charge is 2.11. The predicted octanol–water partition coefficient (Wildman–Crippen LogP) is 1.18. The number of hydrogen-bond donors (Lipinski definition) is 1. The molecule has 0 aliphatic carbocycles. The molecule has 2 aromatic heterocycles. The first kappa shape index (κ1) is 14.1. The lowest BCUT2D eigenvalue weighted by Gasteiger charge is -2.04. The van der Waals surface area contributed by atoms with Crippen molar-refractivity contribution in [1.82, 2.24) is 30.2 Å². The molecular weight excluding hydrogens is 302 g/mol. The van der Waals surface area contributed by atoms with Crippen LogP contribution >= 0.6 is 11.8 Å². The average molecular weight is 313 g/mol. The highest BCUT2D eigenvalue weighted by Crippen LogP contribution is 2.17. The van der Waals surface area contributed by atoms with Crippen LogP contribution in [0.5, 0.6) is 0 Å². The van der Waals surface area contributed by atoms with Crippen molar-refractivity contribution in [3.8, 4) is 5.69 Å². The average Bonchev–Trinajstić information content (AvgIpc) is 3.03. The van der Waals surface area contributed by atoms with Crippen LogP contribution in [-0.4, -0.2) is 41.8 Å². The van der Waals surface area contributed by atoms with Crippen LogP contribution in [0.15, 0.2) is 53.9 Å². The molecule has 0 saturated heterocycles. The Morgan fingerprint density at radius 2 is 1.91 bits per heavy atom. The molecule has 0 unspecified atom stereocenters. The zero-order valence-electron chi connectivity index (χ0n) is 11.3. The fraction of sp³-hybridized carbons (Fsp3) is 0.0769. The molecule has 1 aromatic carbocycles. The Hall–Kier alpha value is -2.81. The predicted molar refractivity (Wildman–Crippen MR) is 80.5 cm³/mol. The van der Waals surface area contributed by atoms with E-state index in [1.807, 2.05) is 30.3 Å². The molecule has 0 bridgehead atoms. The molecule has 22 heavy (non-hydrogen) atoms. The summed E-state index contributed by atoms with van der Waals surface area (Å²) >= 11 is 1.24. The number of hydrogen-bond acceptors (Lipinski definition) is 7. The number of carbonyl (C=O) groups excluding carboxylic acids is 1. The zero-order chi connectivity index (χ0) is 15.2. The van der Waals surface area contributed by atoms with E-state index in [1.165, 1.54) is 11.8 Å². The molecule has 0 radical (unpaired) electrons. The van der Waals surface area contributed by atoms with Crippen LogP contribution in [0.4, 0.5) is 5.95 Å². The minimum Gasteiger partial charge on any atom is -0.294 e. The van der Waals surface area contributed by atoms with Crippen LogP contribution in [0.2, 0.25) is 0 Å². The van der Waals surface area contributed by atoms with Gasteiger partial charge >= 0.3 is 0 Å². The molecule has 0 spiro atoms. The number of para-hydroxylation sites is 1. The van der Waals surface area contributed by atoms with Crippen LogP contribution in [-0.2, 0) is 4.79 Å². The van der Waals surface area contributed by atoms with E-state index in [9.17, 15) is 4.79 Å². The van der Waals surface area contributed by atoms with E-state index in [4.69, 9.17) is 0 Å². The number of carbonyl (C=O) groups is 1. The molecule has 0 fully saturated rings. The lowest BCUT2D eigenvalue weighted by Crippen LogP contribution is -2.16. The van der Waals surface area contributed by atoms with Gasteiger partial charge in [-0.15, -0.1) is 5.10 Å². The molecule has 3 aromatic rings. The fourth-order valence-electron chi connectivity index (χ4n) is 1.65. The second kappa shape index (κ2) is 6.76. The van der Waals surface area contributed by atoms with Crippen molar-refractivity contribution in [2.75, 3.05) is 11.1 Å². The van der Waals surface area contributed by atoms with Crippen LogP contribution in [0.3, 0.4) is 0 Å². The van der Waals surface area contributed by atoms with E-state index < -0.39 is 0 Å². The van der Waals surface area contributed by atoms with Gasteiger partial charge in [-0.2, -0.15) is 4.68 Å². The molecule has 1 amide bonds. The van der Waals surface area contributed by atoms with Gasteiger partial charge < -0.3 is 0 Å². The third-order valence-corrected chi connectivity index (χ3v) is 3.51. The topological polar surface area (TPSA) is 98.5 Å². The lowest BCUT2D eigenvalue weighted by molar-refractivity contribution is -0.113. The summed E-state index contributed by atoms with van der Waals surface area (Å²) in [6.45, 7) is 0. The van der Waals surface area contributed by atoms with Gasteiger partial charge in [0.2, 0.25) is 17.0 Å². The van der Waals surface area contributed by atoms with Gasteiger partial charge in [0.05, 0.1) is 11.4 Å². The number of aromatic nitrogens is 6. The van der Waals surface area contributed by atoms with E-state index in [-0.39, 0.29) is 17.6 Å². The Bertz CT molecular complexity index is 747. The number of tetrazole rings is 1. The number of thioether (sulfide) groups is 1. The minimum absolute atomic E-state index is 0.158. The zero-order valence-corrected chi connectivity index (χ0v) is 12.1. The van der Waals surface area contributed by atoms with Crippen LogP contribution < -0.4 is 5.32 Å². The van der Waals surface area contributed by atoms with Crippen molar-refractivity contribution in [3.63, 3.8) is 0 Å². The molecule has 8 nitrogen and oxygen atoms in total. The molecule has 0 aliphatic rings. The van der Waals surface area contributed by atoms with E-state index in [1.54, 1.807) is 23.1 Å². The summed E-state index contributed by atoms with van der Waals surface area (Å²) in [5, 5.41) is 14.6.